The van der Waals surface area contributed by atoms with Crippen molar-refractivity contribution < 1.29 is 64.6 Å². The molecule has 2 heterocycles. The zero-order valence-electron chi connectivity index (χ0n) is 58.7. The van der Waals surface area contributed by atoms with Crippen LogP contribution in [0, 0.1) is 0 Å². The van der Waals surface area contributed by atoms with Crippen molar-refractivity contribution >= 4 is 5.91 Å². The maximum Gasteiger partial charge on any atom is 0.220 e. The first-order valence-corrected chi connectivity index (χ1v) is 37.4. The molecule has 538 valence electrons. The molecule has 2 rings (SSSR count). The van der Waals surface area contributed by atoms with Crippen molar-refractivity contribution in [3.05, 3.63) is 134 Å². The van der Waals surface area contributed by atoms with Crippen LogP contribution in [0.5, 0.6) is 0 Å². The standard InChI is InChI=1S/C80H135NO13/c1-3-5-7-9-11-13-15-17-19-21-23-24-25-26-27-28-29-30-31-32-33-34-35-36-37-38-39-40-41-42-43-44-46-48-50-52-54-56-58-60-62-64-72(85)81-68(69(84)63-61-59-57-55-53-51-49-47-45-22-20-18-16-14-12-10-8-6-4-2)67-91-79-77(90)75(88)78(71(66-83)93-79)94-80-76(89)74(87)73(86)70(65-82)92-80/h5,7,11,13,17,19,23-24,26-27,29-30,32-33,35-36,38-39,53,55,61,63,68-71,73-80,82-84,86-90H,3-4,6,8-10,12,14-16,18,20-22,25,28,31,34,37,40-52,54,56-60,62,64-67H2,1-2H3,(H,81,85)/b7-5-,13-11-,19-17-,24-23-,27-26-,30-29-,33-32-,36-35-,39-38-,55-53+,63-61+. The minimum atomic E-state index is -1.80. The lowest BCUT2D eigenvalue weighted by atomic mass is 9.97. The van der Waals surface area contributed by atoms with E-state index in [9.17, 15) is 45.6 Å². The topological polar surface area (TPSA) is 228 Å². The summed E-state index contributed by atoms with van der Waals surface area (Å²) < 4.78 is 22.8. The second-order valence-electron chi connectivity index (χ2n) is 25.7. The Balaban J connectivity index is 1.62. The second kappa shape index (κ2) is 62.6. The van der Waals surface area contributed by atoms with E-state index in [1.807, 2.05) is 6.08 Å². The summed E-state index contributed by atoms with van der Waals surface area (Å²) in [5.74, 6) is -0.254. The van der Waals surface area contributed by atoms with E-state index in [2.05, 4.69) is 141 Å². The van der Waals surface area contributed by atoms with Gasteiger partial charge >= 0.3 is 0 Å². The Bertz CT molecular complexity index is 2090. The molecule has 0 spiro atoms. The molecule has 0 saturated carbocycles. The fourth-order valence-corrected chi connectivity index (χ4v) is 11.4. The van der Waals surface area contributed by atoms with Gasteiger partial charge in [-0.25, -0.2) is 0 Å². The first kappa shape index (κ1) is 86.2. The number of carbonyl (C=O) groups is 1. The number of amides is 1. The Morgan fingerprint density at radius 1 is 0.394 bits per heavy atom. The van der Waals surface area contributed by atoms with Crippen LogP contribution in [0.2, 0.25) is 0 Å². The number of hydrogen-bond acceptors (Lipinski definition) is 13. The summed E-state index contributed by atoms with van der Waals surface area (Å²) in [7, 11) is 0. The zero-order chi connectivity index (χ0) is 68.0. The maximum absolute atomic E-state index is 13.3. The monoisotopic (exact) mass is 1320 g/mol. The number of allylic oxidation sites excluding steroid dienone is 21. The van der Waals surface area contributed by atoms with Gasteiger partial charge in [0.2, 0.25) is 5.91 Å². The molecule has 0 aromatic carbocycles. The Hall–Kier alpha value is -3.87. The lowest BCUT2D eigenvalue weighted by molar-refractivity contribution is -0.359. The first-order valence-electron chi connectivity index (χ1n) is 37.4. The van der Waals surface area contributed by atoms with Crippen molar-refractivity contribution in [3.8, 4) is 0 Å². The van der Waals surface area contributed by atoms with Crippen LogP contribution in [0.15, 0.2) is 134 Å². The van der Waals surface area contributed by atoms with Gasteiger partial charge < -0.3 is 65.1 Å². The maximum atomic E-state index is 13.3. The fourth-order valence-electron chi connectivity index (χ4n) is 11.4. The van der Waals surface area contributed by atoms with Gasteiger partial charge in [0.15, 0.2) is 12.6 Å². The molecule has 2 aliphatic heterocycles. The van der Waals surface area contributed by atoms with Crippen LogP contribution in [-0.4, -0.2) is 140 Å². The van der Waals surface area contributed by atoms with Crippen LogP contribution in [0.25, 0.3) is 0 Å². The molecular formula is C80H135NO13. The van der Waals surface area contributed by atoms with Gasteiger partial charge in [-0.3, -0.25) is 4.79 Å². The number of aliphatic hydroxyl groups excluding tert-OH is 8. The van der Waals surface area contributed by atoms with Crippen molar-refractivity contribution in [3.63, 3.8) is 0 Å². The summed E-state index contributed by atoms with van der Waals surface area (Å²) in [6, 6.07) is -0.941. The molecule has 0 bridgehead atoms. The minimum Gasteiger partial charge on any atom is -0.394 e. The number of unbranched alkanes of at least 4 members (excludes halogenated alkanes) is 27. The summed E-state index contributed by atoms with van der Waals surface area (Å²) >= 11 is 0. The van der Waals surface area contributed by atoms with E-state index in [4.69, 9.17) is 18.9 Å². The highest BCUT2D eigenvalue weighted by Crippen LogP contribution is 2.30. The molecule has 0 radical (unpaired) electrons. The lowest BCUT2D eigenvalue weighted by Gasteiger charge is -2.46. The predicted molar refractivity (Wildman–Crippen MR) is 387 cm³/mol. The number of ether oxygens (including phenoxy) is 4. The lowest BCUT2D eigenvalue weighted by Crippen LogP contribution is -2.65. The van der Waals surface area contributed by atoms with E-state index in [-0.39, 0.29) is 18.9 Å². The van der Waals surface area contributed by atoms with E-state index in [0.29, 0.717) is 12.8 Å². The molecule has 0 aromatic heterocycles. The van der Waals surface area contributed by atoms with Crippen LogP contribution in [-0.2, 0) is 23.7 Å². The summed E-state index contributed by atoms with van der Waals surface area (Å²) in [5.41, 5.74) is 0. The average molecular weight is 1320 g/mol. The van der Waals surface area contributed by atoms with E-state index in [0.717, 1.165) is 96.3 Å². The van der Waals surface area contributed by atoms with Crippen LogP contribution < -0.4 is 5.32 Å². The van der Waals surface area contributed by atoms with E-state index >= 15 is 0 Å². The molecule has 0 aromatic rings. The summed E-state index contributed by atoms with van der Waals surface area (Å²) in [5, 5.41) is 87.4. The number of nitrogens with one attached hydrogen (secondary N) is 1. The molecule has 2 aliphatic rings. The number of carbonyl (C=O) groups excluding carboxylic acids is 1. The van der Waals surface area contributed by atoms with Crippen molar-refractivity contribution in [1.82, 2.24) is 5.32 Å². The highest BCUT2D eigenvalue weighted by molar-refractivity contribution is 5.76. The third-order valence-electron chi connectivity index (χ3n) is 17.3. The molecular weight excluding hydrogens is 1180 g/mol. The zero-order valence-corrected chi connectivity index (χ0v) is 58.7. The summed E-state index contributed by atoms with van der Waals surface area (Å²) in [6.45, 7) is 2.68. The highest BCUT2D eigenvalue weighted by Gasteiger charge is 2.51. The molecule has 94 heavy (non-hydrogen) atoms. The largest absolute Gasteiger partial charge is 0.394 e. The van der Waals surface area contributed by atoms with Gasteiger partial charge in [0.25, 0.3) is 0 Å². The molecule has 12 unspecified atom stereocenters. The van der Waals surface area contributed by atoms with E-state index < -0.39 is 86.8 Å². The van der Waals surface area contributed by atoms with E-state index in [1.165, 1.54) is 141 Å². The fraction of sp³-hybridized carbons (Fsp3) is 0.713. The SMILES string of the molecule is CC/C=C\C/C=C\C/C=C\C/C=C\C/C=C\C/C=C\C/C=C\C/C=C\C/C=C\CCCCCCCCCCCCCCCC(=O)NC(COC1OC(CO)C(OC2OC(CO)C(O)C(O)C2O)C(O)C1O)C(O)/C=C/CC/C=C/CCCCCCCCCCCCCCC. The van der Waals surface area contributed by atoms with Gasteiger partial charge in [-0.15, -0.1) is 0 Å². The van der Waals surface area contributed by atoms with Gasteiger partial charge in [-0.1, -0.05) is 295 Å². The summed E-state index contributed by atoms with van der Waals surface area (Å²) in [4.78, 5) is 13.3. The van der Waals surface area contributed by atoms with Crippen molar-refractivity contribution in [2.75, 3.05) is 19.8 Å². The van der Waals surface area contributed by atoms with Crippen molar-refractivity contribution in [2.45, 2.75) is 344 Å². The Kier molecular flexibility index (Phi) is 57.4. The third kappa shape index (κ3) is 45.6. The third-order valence-corrected chi connectivity index (χ3v) is 17.3. The van der Waals surface area contributed by atoms with Crippen LogP contribution >= 0.6 is 0 Å². The van der Waals surface area contributed by atoms with E-state index in [1.54, 1.807) is 6.08 Å². The quantitative estimate of drug-likeness (QED) is 0.0204. The summed E-state index contributed by atoms with van der Waals surface area (Å²) in [6.07, 6.45) is 76.6. The number of aliphatic hydroxyl groups is 8. The molecule has 2 fully saturated rings. The number of rotatable bonds is 60. The van der Waals surface area contributed by atoms with Gasteiger partial charge in [-0.2, -0.15) is 0 Å². The molecule has 12 atom stereocenters. The molecule has 14 heteroatoms. The predicted octanol–water partition coefficient (Wildman–Crippen LogP) is 16.2. The van der Waals surface area contributed by atoms with Crippen molar-refractivity contribution in [1.29, 1.82) is 0 Å². The Labute approximate surface area is 570 Å². The number of hydrogen-bond donors (Lipinski definition) is 9. The molecule has 2 saturated heterocycles. The normalized spacial score (nSPS) is 23.3. The molecule has 14 nitrogen and oxygen atoms in total. The average Bonchev–Trinajstić information content (AvgIpc) is 0.794. The first-order chi connectivity index (χ1) is 46.1. The Morgan fingerprint density at radius 3 is 1.17 bits per heavy atom. The van der Waals surface area contributed by atoms with Crippen LogP contribution in [0.1, 0.15) is 271 Å². The Morgan fingerprint density at radius 2 is 0.745 bits per heavy atom. The second-order valence-corrected chi connectivity index (χ2v) is 25.7. The van der Waals surface area contributed by atoms with Gasteiger partial charge in [0.1, 0.15) is 48.8 Å². The van der Waals surface area contributed by atoms with Gasteiger partial charge in [0, 0.05) is 6.42 Å². The molecule has 0 aliphatic carbocycles. The van der Waals surface area contributed by atoms with Gasteiger partial charge in [-0.05, 0) is 103 Å². The molecule has 1 amide bonds. The highest BCUT2D eigenvalue weighted by atomic mass is 16.7. The van der Waals surface area contributed by atoms with Crippen molar-refractivity contribution in [2.24, 2.45) is 0 Å². The van der Waals surface area contributed by atoms with Gasteiger partial charge in [0.05, 0.1) is 32.0 Å². The minimum absolute atomic E-state index is 0.254. The van der Waals surface area contributed by atoms with Crippen LogP contribution in [0.4, 0.5) is 0 Å². The van der Waals surface area contributed by atoms with Crippen LogP contribution in [0.3, 0.4) is 0 Å². The molecule has 9 N–H and O–H groups in total. The smallest absolute Gasteiger partial charge is 0.220 e.